The Balaban J connectivity index is 2.84. The second-order valence-corrected chi connectivity index (χ2v) is 5.14. The standard InChI is InChI=1S/C13H17ClF2N2O/c1-8(14)4-5-11(10(3)19)7-18-9(2)6-12(17-18)13(15)16/h4-5,9,13H,6-7H2,1-3H3/b8-4+,11-5+. The molecule has 0 radical (unpaired) electrons. The Morgan fingerprint density at radius 2 is 2.16 bits per heavy atom. The number of ketones is 1. The zero-order valence-corrected chi connectivity index (χ0v) is 11.9. The van der Waals surface area contributed by atoms with Gasteiger partial charge in [0.05, 0.1) is 12.6 Å². The third-order valence-corrected chi connectivity index (χ3v) is 2.95. The topological polar surface area (TPSA) is 32.7 Å². The van der Waals surface area contributed by atoms with E-state index in [1.54, 1.807) is 26.0 Å². The van der Waals surface area contributed by atoms with Gasteiger partial charge in [0, 0.05) is 17.0 Å². The first-order chi connectivity index (χ1) is 8.81. The molecule has 3 nitrogen and oxygen atoms in total. The molecule has 19 heavy (non-hydrogen) atoms. The van der Waals surface area contributed by atoms with Crippen LogP contribution in [-0.2, 0) is 4.79 Å². The molecule has 1 unspecified atom stereocenters. The van der Waals surface area contributed by atoms with Crippen LogP contribution in [0.2, 0.25) is 0 Å². The van der Waals surface area contributed by atoms with Crippen LogP contribution in [0.25, 0.3) is 0 Å². The van der Waals surface area contributed by atoms with Gasteiger partial charge in [0.1, 0.15) is 5.71 Å². The highest BCUT2D eigenvalue weighted by molar-refractivity contribution is 6.29. The van der Waals surface area contributed by atoms with Crippen LogP contribution in [0.5, 0.6) is 0 Å². The summed E-state index contributed by atoms with van der Waals surface area (Å²) in [6, 6.07) is -0.132. The Morgan fingerprint density at radius 1 is 1.53 bits per heavy atom. The minimum atomic E-state index is -2.54. The molecule has 0 aromatic rings. The van der Waals surface area contributed by atoms with Gasteiger partial charge in [0.25, 0.3) is 6.43 Å². The molecule has 1 aliphatic rings. The molecule has 106 valence electrons. The fraction of sp³-hybridized carbons (Fsp3) is 0.538. The summed E-state index contributed by atoms with van der Waals surface area (Å²) in [5, 5.41) is 5.94. The van der Waals surface area contributed by atoms with Crippen LogP contribution in [0.3, 0.4) is 0 Å². The number of rotatable bonds is 5. The molecule has 0 saturated heterocycles. The predicted octanol–water partition coefficient (Wildman–Crippen LogP) is 3.36. The maximum Gasteiger partial charge on any atom is 0.278 e. The largest absolute Gasteiger partial charge is 0.295 e. The first-order valence-electron chi connectivity index (χ1n) is 5.97. The Hall–Kier alpha value is -1.23. The molecule has 0 N–H and O–H groups in total. The van der Waals surface area contributed by atoms with Gasteiger partial charge in [-0.25, -0.2) is 8.78 Å². The van der Waals surface area contributed by atoms with E-state index in [-0.39, 0.29) is 30.5 Å². The van der Waals surface area contributed by atoms with Gasteiger partial charge in [0.2, 0.25) is 0 Å². The highest BCUT2D eigenvalue weighted by atomic mass is 35.5. The van der Waals surface area contributed by atoms with Gasteiger partial charge in [-0.1, -0.05) is 17.7 Å². The average molecular weight is 291 g/mol. The SMILES string of the molecule is CC(=O)/C(=C/C=C(\C)Cl)CN1N=C(C(F)F)CC1C. The molecule has 1 atom stereocenters. The van der Waals surface area contributed by atoms with Gasteiger partial charge in [0.15, 0.2) is 5.78 Å². The Labute approximate surface area is 116 Å². The van der Waals surface area contributed by atoms with Crippen LogP contribution in [0, 0.1) is 0 Å². The lowest BCUT2D eigenvalue weighted by Crippen LogP contribution is -2.27. The summed E-state index contributed by atoms with van der Waals surface area (Å²) in [7, 11) is 0. The average Bonchev–Trinajstić information content (AvgIpc) is 2.65. The number of allylic oxidation sites excluding steroid dienone is 3. The first-order valence-corrected chi connectivity index (χ1v) is 6.35. The smallest absolute Gasteiger partial charge is 0.278 e. The number of carbonyl (C=O) groups excluding carboxylic acids is 1. The van der Waals surface area contributed by atoms with Crippen LogP contribution < -0.4 is 0 Å². The van der Waals surface area contributed by atoms with Gasteiger partial charge in [-0.05, 0) is 26.8 Å². The fourth-order valence-corrected chi connectivity index (χ4v) is 1.77. The molecule has 6 heteroatoms. The van der Waals surface area contributed by atoms with Crippen molar-refractivity contribution in [1.82, 2.24) is 5.01 Å². The Morgan fingerprint density at radius 3 is 2.58 bits per heavy atom. The molecule has 0 bridgehead atoms. The van der Waals surface area contributed by atoms with Gasteiger partial charge in [-0.15, -0.1) is 0 Å². The molecular weight excluding hydrogens is 274 g/mol. The lowest BCUT2D eigenvalue weighted by Gasteiger charge is -2.20. The first kappa shape index (κ1) is 15.8. The number of nitrogens with zero attached hydrogens (tertiary/aromatic N) is 2. The van der Waals surface area contributed by atoms with Crippen molar-refractivity contribution in [3.8, 4) is 0 Å². The number of hydrogen-bond donors (Lipinski definition) is 0. The molecule has 1 rings (SSSR count). The minimum Gasteiger partial charge on any atom is -0.295 e. The lowest BCUT2D eigenvalue weighted by molar-refractivity contribution is -0.113. The maximum absolute atomic E-state index is 12.6. The third-order valence-electron chi connectivity index (χ3n) is 2.82. The highest BCUT2D eigenvalue weighted by Crippen LogP contribution is 2.20. The summed E-state index contributed by atoms with van der Waals surface area (Å²) in [6.07, 6.45) is 0.902. The van der Waals surface area contributed by atoms with Crippen molar-refractivity contribution in [2.75, 3.05) is 6.54 Å². The van der Waals surface area contributed by atoms with Crippen molar-refractivity contribution in [2.45, 2.75) is 39.7 Å². The number of hydrogen-bond acceptors (Lipinski definition) is 3. The summed E-state index contributed by atoms with van der Waals surface area (Å²) in [4.78, 5) is 11.5. The zero-order chi connectivity index (χ0) is 14.6. The van der Waals surface area contributed by atoms with E-state index in [0.29, 0.717) is 10.6 Å². The number of hydrazone groups is 1. The monoisotopic (exact) mass is 290 g/mol. The van der Waals surface area contributed by atoms with E-state index in [1.807, 2.05) is 0 Å². The number of carbonyl (C=O) groups is 1. The predicted molar refractivity (Wildman–Crippen MR) is 72.6 cm³/mol. The second-order valence-electron chi connectivity index (χ2n) is 4.54. The third kappa shape index (κ3) is 4.74. The van der Waals surface area contributed by atoms with Crippen molar-refractivity contribution in [2.24, 2.45) is 5.10 Å². The molecule has 1 heterocycles. The van der Waals surface area contributed by atoms with Crippen LogP contribution in [0.4, 0.5) is 8.78 Å². The zero-order valence-electron chi connectivity index (χ0n) is 11.2. The van der Waals surface area contributed by atoms with E-state index in [9.17, 15) is 13.6 Å². The summed E-state index contributed by atoms with van der Waals surface area (Å²) >= 11 is 5.70. The van der Waals surface area contributed by atoms with E-state index in [2.05, 4.69) is 5.10 Å². The van der Waals surface area contributed by atoms with Crippen molar-refractivity contribution >= 4 is 23.1 Å². The van der Waals surface area contributed by atoms with Gasteiger partial charge >= 0.3 is 0 Å². The molecule has 0 aromatic heterocycles. The molecule has 0 aromatic carbocycles. The normalized spacial score (nSPS) is 21.1. The Kier molecular flexibility index (Phi) is 5.66. The van der Waals surface area contributed by atoms with Crippen LogP contribution >= 0.6 is 11.6 Å². The fourth-order valence-electron chi connectivity index (χ4n) is 1.71. The summed E-state index contributed by atoms with van der Waals surface area (Å²) < 4.78 is 25.1. The van der Waals surface area contributed by atoms with Crippen molar-refractivity contribution in [3.63, 3.8) is 0 Å². The molecule has 1 aliphatic heterocycles. The van der Waals surface area contributed by atoms with Crippen LogP contribution in [-0.4, -0.2) is 35.5 Å². The van der Waals surface area contributed by atoms with Gasteiger partial charge in [-0.3, -0.25) is 9.80 Å². The van der Waals surface area contributed by atoms with Crippen molar-refractivity contribution < 1.29 is 13.6 Å². The van der Waals surface area contributed by atoms with Gasteiger partial charge in [-0.2, -0.15) is 5.10 Å². The maximum atomic E-state index is 12.6. The summed E-state index contributed by atoms with van der Waals surface area (Å²) in [5.41, 5.74) is 0.366. The summed E-state index contributed by atoms with van der Waals surface area (Å²) in [5.74, 6) is -0.123. The minimum absolute atomic E-state index is 0.123. The molecule has 0 saturated carbocycles. The van der Waals surface area contributed by atoms with E-state index in [0.717, 1.165) is 0 Å². The Bertz CT molecular complexity index is 440. The number of alkyl halides is 2. The molecule has 0 aliphatic carbocycles. The van der Waals surface area contributed by atoms with Crippen molar-refractivity contribution in [3.05, 3.63) is 22.8 Å². The van der Waals surface area contributed by atoms with Crippen molar-refractivity contribution in [1.29, 1.82) is 0 Å². The van der Waals surface area contributed by atoms with E-state index in [1.165, 1.54) is 11.9 Å². The lowest BCUT2D eigenvalue weighted by atomic mass is 10.1. The molecule has 0 spiro atoms. The number of halogens is 3. The quantitative estimate of drug-likeness (QED) is 0.574. The van der Waals surface area contributed by atoms with Gasteiger partial charge < -0.3 is 0 Å². The number of Topliss-reactive ketones (excluding diaryl/α,β-unsaturated/α-hetero) is 1. The molecular formula is C13H17ClF2N2O. The summed E-state index contributed by atoms with van der Waals surface area (Å²) in [6.45, 7) is 5.15. The van der Waals surface area contributed by atoms with Crippen LogP contribution in [0.1, 0.15) is 27.2 Å². The van der Waals surface area contributed by atoms with E-state index in [4.69, 9.17) is 11.6 Å². The molecule has 0 fully saturated rings. The highest BCUT2D eigenvalue weighted by Gasteiger charge is 2.28. The molecule has 0 amide bonds. The van der Waals surface area contributed by atoms with E-state index >= 15 is 0 Å². The van der Waals surface area contributed by atoms with Crippen LogP contribution in [0.15, 0.2) is 27.9 Å². The second kappa shape index (κ2) is 6.80. The van der Waals surface area contributed by atoms with E-state index < -0.39 is 6.43 Å².